The van der Waals surface area contributed by atoms with Crippen molar-refractivity contribution >= 4 is 39.0 Å². The first-order valence-electron chi connectivity index (χ1n) is 11.5. The fraction of sp³-hybridized carbons (Fsp3) is 0.259. The summed E-state index contributed by atoms with van der Waals surface area (Å²) in [5, 5.41) is 4.88. The van der Waals surface area contributed by atoms with Gasteiger partial charge in [-0.05, 0) is 48.9 Å². The van der Waals surface area contributed by atoms with E-state index in [1.54, 1.807) is 24.3 Å². The summed E-state index contributed by atoms with van der Waals surface area (Å²) in [5.74, 6) is 1.33. The number of carbonyl (C=O) groups excluding carboxylic acids is 1. The number of unbranched alkanes of at least 4 members (excludes halogenated alkanes) is 1. The third kappa shape index (κ3) is 5.59. The maximum Gasteiger partial charge on any atom is 0.338 e. The summed E-state index contributed by atoms with van der Waals surface area (Å²) in [6.45, 7) is 6.40. The zero-order chi connectivity index (χ0) is 24.9. The van der Waals surface area contributed by atoms with Gasteiger partial charge in [0.1, 0.15) is 17.3 Å². The van der Waals surface area contributed by atoms with Crippen LogP contribution in [0.1, 0.15) is 61.5 Å². The lowest BCUT2D eigenvalue weighted by Crippen LogP contribution is -2.23. The number of halogens is 1. The normalized spacial score (nSPS) is 11.6. The Bertz CT molecular complexity index is 1440. The molecule has 0 saturated heterocycles. The van der Waals surface area contributed by atoms with Gasteiger partial charge >= 0.3 is 5.97 Å². The zero-order valence-electron chi connectivity index (χ0n) is 19.8. The van der Waals surface area contributed by atoms with E-state index in [0.29, 0.717) is 40.4 Å². The van der Waals surface area contributed by atoms with Crippen molar-refractivity contribution in [2.45, 2.75) is 39.5 Å². The first kappa shape index (κ1) is 24.6. The molecule has 4 rings (SSSR count). The number of hydrogen-bond donors (Lipinski definition) is 0. The summed E-state index contributed by atoms with van der Waals surface area (Å²) in [7, 11) is 0. The molecule has 2 aromatic heterocycles. The summed E-state index contributed by atoms with van der Waals surface area (Å²) in [6, 6.07) is 16.1. The van der Waals surface area contributed by atoms with Gasteiger partial charge in [0.25, 0.3) is 5.56 Å². The number of rotatable bonds is 8. The lowest BCUT2D eigenvalue weighted by atomic mass is 10.1. The lowest BCUT2D eigenvalue weighted by molar-refractivity contribution is 0.0499. The van der Waals surface area contributed by atoms with Crippen LogP contribution in [-0.4, -0.2) is 28.5 Å². The highest BCUT2D eigenvalue weighted by atomic mass is 79.9. The molecule has 8 heteroatoms. The second-order valence-corrected chi connectivity index (χ2v) is 9.33. The van der Waals surface area contributed by atoms with Crippen LogP contribution in [0.3, 0.4) is 0 Å². The molecule has 0 spiro atoms. The van der Waals surface area contributed by atoms with Crippen molar-refractivity contribution in [2.24, 2.45) is 5.10 Å². The van der Waals surface area contributed by atoms with Crippen LogP contribution < -0.4 is 5.56 Å². The highest BCUT2D eigenvalue weighted by Crippen LogP contribution is 2.23. The molecule has 2 heterocycles. The van der Waals surface area contributed by atoms with Gasteiger partial charge in [-0.25, -0.2) is 9.78 Å². The number of aromatic nitrogens is 2. The molecule has 2 aromatic carbocycles. The quantitative estimate of drug-likeness (QED) is 0.148. The largest absolute Gasteiger partial charge is 0.462 e. The fourth-order valence-electron chi connectivity index (χ4n) is 3.51. The van der Waals surface area contributed by atoms with E-state index in [1.807, 2.05) is 51.1 Å². The minimum atomic E-state index is -0.334. The summed E-state index contributed by atoms with van der Waals surface area (Å²) in [6.07, 6.45) is 3.32. The van der Waals surface area contributed by atoms with Crippen LogP contribution in [0.4, 0.5) is 0 Å². The van der Waals surface area contributed by atoms with Crippen LogP contribution in [0, 0.1) is 0 Å². The molecule has 0 bridgehead atoms. The number of carbonyl (C=O) groups is 1. The van der Waals surface area contributed by atoms with Crippen LogP contribution >= 0.6 is 15.9 Å². The number of esters is 1. The zero-order valence-corrected chi connectivity index (χ0v) is 21.4. The third-order valence-corrected chi connectivity index (χ3v) is 5.91. The van der Waals surface area contributed by atoms with Crippen molar-refractivity contribution in [3.8, 4) is 11.3 Å². The van der Waals surface area contributed by atoms with Gasteiger partial charge in [-0.2, -0.15) is 9.78 Å². The van der Waals surface area contributed by atoms with Crippen molar-refractivity contribution < 1.29 is 13.9 Å². The Morgan fingerprint density at radius 1 is 1.17 bits per heavy atom. The highest BCUT2D eigenvalue weighted by Gasteiger charge is 2.14. The first-order valence-corrected chi connectivity index (χ1v) is 12.3. The van der Waals surface area contributed by atoms with E-state index in [2.05, 4.69) is 26.0 Å². The molecule has 0 radical (unpaired) electrons. The number of fused-ring (bicyclic) bond motifs is 1. The molecule has 180 valence electrons. The van der Waals surface area contributed by atoms with Crippen molar-refractivity contribution in [3.63, 3.8) is 0 Å². The molecule has 0 N–H and O–H groups in total. The fourth-order valence-corrected chi connectivity index (χ4v) is 3.87. The predicted octanol–water partition coefficient (Wildman–Crippen LogP) is 6.38. The van der Waals surface area contributed by atoms with Crippen LogP contribution in [0.2, 0.25) is 0 Å². The molecule has 35 heavy (non-hydrogen) atoms. The predicted molar refractivity (Wildman–Crippen MR) is 140 cm³/mol. The molecular formula is C27H26BrN3O4. The molecule has 0 unspecified atom stereocenters. The van der Waals surface area contributed by atoms with Crippen LogP contribution in [0.5, 0.6) is 0 Å². The summed E-state index contributed by atoms with van der Waals surface area (Å²) >= 11 is 3.41. The Kier molecular flexibility index (Phi) is 7.60. The Morgan fingerprint density at radius 2 is 1.94 bits per heavy atom. The Hall–Kier alpha value is -3.52. The Morgan fingerprint density at radius 3 is 2.66 bits per heavy atom. The Balaban J connectivity index is 1.57. The van der Waals surface area contributed by atoms with Gasteiger partial charge in [0.2, 0.25) is 0 Å². The van der Waals surface area contributed by atoms with Crippen LogP contribution in [-0.2, 0) is 4.74 Å². The number of hydrogen-bond acceptors (Lipinski definition) is 6. The molecule has 0 aliphatic carbocycles. The monoisotopic (exact) mass is 535 g/mol. The molecule has 4 aromatic rings. The molecule has 0 aliphatic rings. The first-order chi connectivity index (χ1) is 16.9. The highest BCUT2D eigenvalue weighted by molar-refractivity contribution is 9.10. The van der Waals surface area contributed by atoms with E-state index in [4.69, 9.17) is 9.15 Å². The molecular weight excluding hydrogens is 510 g/mol. The van der Waals surface area contributed by atoms with E-state index < -0.39 is 0 Å². The van der Waals surface area contributed by atoms with E-state index in [9.17, 15) is 9.59 Å². The van der Waals surface area contributed by atoms with Crippen molar-refractivity contribution in [1.82, 2.24) is 9.66 Å². The second-order valence-electron chi connectivity index (χ2n) is 8.42. The maximum absolute atomic E-state index is 13.1. The van der Waals surface area contributed by atoms with Gasteiger partial charge in [0.05, 0.1) is 29.3 Å². The molecule has 0 aliphatic heterocycles. The van der Waals surface area contributed by atoms with Crippen molar-refractivity contribution in [1.29, 1.82) is 0 Å². The lowest BCUT2D eigenvalue weighted by Gasteiger charge is -2.11. The summed E-state index contributed by atoms with van der Waals surface area (Å²) in [4.78, 5) is 29.9. The third-order valence-electron chi connectivity index (χ3n) is 5.41. The molecule has 0 amide bonds. The van der Waals surface area contributed by atoms with Gasteiger partial charge < -0.3 is 9.15 Å². The van der Waals surface area contributed by atoms with Crippen molar-refractivity contribution in [3.05, 3.63) is 86.6 Å². The average molecular weight is 536 g/mol. The van der Waals surface area contributed by atoms with Crippen molar-refractivity contribution in [2.75, 3.05) is 6.61 Å². The van der Waals surface area contributed by atoms with E-state index in [0.717, 1.165) is 22.9 Å². The summed E-state index contributed by atoms with van der Waals surface area (Å²) in [5.41, 5.74) is 1.69. The average Bonchev–Trinajstić information content (AvgIpc) is 3.33. The maximum atomic E-state index is 13.1. The number of ether oxygens (including phenoxy) is 1. The number of benzene rings is 2. The molecule has 0 atom stereocenters. The van der Waals surface area contributed by atoms with Gasteiger partial charge in [-0.1, -0.05) is 55.3 Å². The van der Waals surface area contributed by atoms with Gasteiger partial charge in [0, 0.05) is 16.0 Å². The molecule has 0 fully saturated rings. The smallest absolute Gasteiger partial charge is 0.338 e. The minimum Gasteiger partial charge on any atom is -0.462 e. The minimum absolute atomic E-state index is 0.00719. The summed E-state index contributed by atoms with van der Waals surface area (Å²) < 4.78 is 13.3. The van der Waals surface area contributed by atoms with Crippen LogP contribution in [0.15, 0.2) is 73.4 Å². The second kappa shape index (κ2) is 10.8. The Labute approximate surface area is 211 Å². The topological polar surface area (TPSA) is 86.7 Å². The van der Waals surface area contributed by atoms with E-state index in [-0.39, 0.29) is 17.4 Å². The van der Waals surface area contributed by atoms with E-state index >= 15 is 0 Å². The number of furan rings is 1. The van der Waals surface area contributed by atoms with Crippen LogP contribution in [0.25, 0.3) is 22.2 Å². The molecule has 0 saturated carbocycles. The van der Waals surface area contributed by atoms with E-state index in [1.165, 1.54) is 10.9 Å². The molecule has 7 nitrogen and oxygen atoms in total. The number of nitrogens with zero attached hydrogens (tertiary/aromatic N) is 3. The SMILES string of the molecule is CCCCOC(=O)c1ccc(-c2ccc(C=Nn3c(C(C)C)nc4ccc(Br)cc4c3=O)o2)cc1. The van der Waals surface area contributed by atoms with Gasteiger partial charge in [-0.15, -0.1) is 0 Å². The van der Waals surface area contributed by atoms with Gasteiger partial charge in [-0.3, -0.25) is 4.79 Å². The standard InChI is InChI=1S/C27H26BrN3O4/c1-4-5-14-34-27(33)19-8-6-18(7-9-19)24-13-11-21(35-24)16-29-31-25(17(2)3)30-23-12-10-20(28)15-22(23)26(31)32/h6-13,15-17H,4-5,14H2,1-3H3. The van der Waals surface area contributed by atoms with Gasteiger partial charge in [0.15, 0.2) is 0 Å².